The summed E-state index contributed by atoms with van der Waals surface area (Å²) in [5.41, 5.74) is 2.57. The first kappa shape index (κ1) is 20.2. The van der Waals surface area contributed by atoms with Gasteiger partial charge in [0.15, 0.2) is 0 Å². The van der Waals surface area contributed by atoms with Gasteiger partial charge < -0.3 is 0 Å². The number of hydrogen-bond donors (Lipinski definition) is 0. The molecule has 0 amide bonds. The van der Waals surface area contributed by atoms with Crippen LogP contribution in [-0.4, -0.2) is 8.07 Å². The van der Waals surface area contributed by atoms with Crippen molar-refractivity contribution in [1.29, 1.82) is 0 Å². The van der Waals surface area contributed by atoms with Crippen molar-refractivity contribution < 1.29 is 0 Å². The third-order valence-corrected chi connectivity index (χ3v) is 12.4. The zero-order valence-electron chi connectivity index (χ0n) is 18.5. The van der Waals surface area contributed by atoms with Crippen LogP contribution in [0, 0.1) is 0 Å². The molecule has 0 atom stereocenters. The monoisotopic (exact) mass is 456 g/mol. The normalized spacial score (nSPS) is 11.8. The molecule has 0 aliphatic heterocycles. The van der Waals surface area contributed by atoms with E-state index >= 15 is 0 Å². The van der Waals surface area contributed by atoms with Crippen molar-refractivity contribution in [2.45, 2.75) is 6.55 Å². The van der Waals surface area contributed by atoms with E-state index in [9.17, 15) is 0 Å². The summed E-state index contributed by atoms with van der Waals surface area (Å²) in [5, 5.41) is 7.01. The lowest BCUT2D eigenvalue weighted by Gasteiger charge is -2.30. The first-order chi connectivity index (χ1) is 16.2. The van der Waals surface area contributed by atoms with E-state index in [1.807, 2.05) is 11.3 Å². The van der Waals surface area contributed by atoms with Crippen molar-refractivity contribution in [3.8, 4) is 11.1 Å². The molecule has 33 heavy (non-hydrogen) atoms. The van der Waals surface area contributed by atoms with E-state index in [-0.39, 0.29) is 0 Å². The fraction of sp³-hybridized carbons (Fsp3) is 0.0323. The Balaban J connectivity index is 1.53. The second kappa shape index (κ2) is 8.15. The topological polar surface area (TPSA) is 0 Å². The summed E-state index contributed by atoms with van der Waals surface area (Å²) in [6, 6.07) is 47.0. The first-order valence-corrected chi connectivity index (χ1v) is 14.7. The van der Waals surface area contributed by atoms with Crippen molar-refractivity contribution in [1.82, 2.24) is 0 Å². The molecule has 0 saturated heterocycles. The minimum absolute atomic E-state index is 1.28. The van der Waals surface area contributed by atoms with Gasteiger partial charge in [-0.1, -0.05) is 116 Å². The van der Waals surface area contributed by atoms with E-state index in [0.717, 1.165) is 0 Å². The van der Waals surface area contributed by atoms with Gasteiger partial charge in [-0.05, 0) is 44.9 Å². The van der Waals surface area contributed by atoms with E-state index in [0.29, 0.717) is 0 Å². The molecule has 158 valence electrons. The molecule has 0 aliphatic rings. The van der Waals surface area contributed by atoms with Crippen LogP contribution in [-0.2, 0) is 0 Å². The number of benzene rings is 5. The summed E-state index contributed by atoms with van der Waals surface area (Å²) in [4.78, 5) is 0. The maximum absolute atomic E-state index is 2.48. The summed E-state index contributed by atoms with van der Waals surface area (Å²) < 4.78 is 2.70. The fourth-order valence-corrected chi connectivity index (χ4v) is 9.64. The van der Waals surface area contributed by atoms with Crippen LogP contribution in [0.4, 0.5) is 0 Å². The van der Waals surface area contributed by atoms with Crippen LogP contribution in [0.1, 0.15) is 0 Å². The van der Waals surface area contributed by atoms with Gasteiger partial charge in [-0.3, -0.25) is 0 Å². The second-order valence-corrected chi connectivity index (χ2v) is 13.8. The van der Waals surface area contributed by atoms with Gasteiger partial charge >= 0.3 is 0 Å². The minimum Gasteiger partial charge on any atom is -0.135 e. The van der Waals surface area contributed by atoms with E-state index < -0.39 is 8.07 Å². The number of rotatable bonds is 4. The molecule has 0 spiro atoms. The third kappa shape index (κ3) is 3.43. The van der Waals surface area contributed by atoms with Crippen LogP contribution >= 0.6 is 11.3 Å². The molecular formula is C31H24SSi. The van der Waals surface area contributed by atoms with Gasteiger partial charge in [0, 0.05) is 20.2 Å². The Bertz CT molecular complexity index is 1530. The molecule has 0 N–H and O–H groups in total. The van der Waals surface area contributed by atoms with E-state index in [1.54, 1.807) is 0 Å². The van der Waals surface area contributed by atoms with Crippen LogP contribution in [0.15, 0.2) is 127 Å². The molecule has 0 unspecified atom stereocenters. The molecule has 0 aliphatic carbocycles. The van der Waals surface area contributed by atoms with Gasteiger partial charge in [-0.2, -0.15) is 0 Å². The van der Waals surface area contributed by atoms with Gasteiger partial charge in [0.1, 0.15) is 8.07 Å². The lowest BCUT2D eigenvalue weighted by Crippen LogP contribution is -2.64. The molecular weight excluding hydrogens is 432 g/mol. The first-order valence-electron chi connectivity index (χ1n) is 11.4. The van der Waals surface area contributed by atoms with Crippen molar-refractivity contribution >= 4 is 55.1 Å². The molecule has 1 heterocycles. The van der Waals surface area contributed by atoms with Crippen LogP contribution in [0.25, 0.3) is 31.3 Å². The van der Waals surface area contributed by atoms with E-state index in [4.69, 9.17) is 0 Å². The van der Waals surface area contributed by atoms with Crippen LogP contribution < -0.4 is 15.6 Å². The average Bonchev–Trinajstić information content (AvgIpc) is 3.27. The zero-order valence-corrected chi connectivity index (χ0v) is 20.3. The van der Waals surface area contributed by atoms with Gasteiger partial charge in [0.2, 0.25) is 0 Å². The van der Waals surface area contributed by atoms with Crippen molar-refractivity contribution in [3.05, 3.63) is 127 Å². The van der Waals surface area contributed by atoms with E-state index in [2.05, 4.69) is 134 Å². The zero-order chi connectivity index (χ0) is 22.3. The predicted molar refractivity (Wildman–Crippen MR) is 148 cm³/mol. The Morgan fingerprint density at radius 3 is 1.76 bits per heavy atom. The van der Waals surface area contributed by atoms with Crippen LogP contribution in [0.5, 0.6) is 0 Å². The summed E-state index contributed by atoms with van der Waals surface area (Å²) in [6.45, 7) is 2.48. The average molecular weight is 457 g/mol. The van der Waals surface area contributed by atoms with Gasteiger partial charge in [0.05, 0.1) is 0 Å². The Labute approximate surface area is 199 Å². The maximum Gasteiger partial charge on any atom is 0.145 e. The van der Waals surface area contributed by atoms with E-state index in [1.165, 1.54) is 46.9 Å². The Hall–Kier alpha value is -3.46. The molecule has 6 aromatic rings. The maximum atomic E-state index is 2.48. The van der Waals surface area contributed by atoms with Crippen molar-refractivity contribution in [2.24, 2.45) is 0 Å². The van der Waals surface area contributed by atoms with Gasteiger partial charge in [0.25, 0.3) is 0 Å². The van der Waals surface area contributed by atoms with Gasteiger partial charge in [-0.25, -0.2) is 0 Å². The summed E-state index contributed by atoms with van der Waals surface area (Å²) in [5.74, 6) is 0. The summed E-state index contributed by atoms with van der Waals surface area (Å²) in [7, 11) is -2.12. The van der Waals surface area contributed by atoms with Crippen molar-refractivity contribution in [2.75, 3.05) is 0 Å². The van der Waals surface area contributed by atoms with Crippen molar-refractivity contribution in [3.63, 3.8) is 0 Å². The molecule has 0 fully saturated rings. The highest BCUT2D eigenvalue weighted by Crippen LogP contribution is 2.36. The number of hydrogen-bond acceptors (Lipinski definition) is 1. The highest BCUT2D eigenvalue weighted by atomic mass is 32.1. The summed E-state index contributed by atoms with van der Waals surface area (Å²) >= 11 is 1.87. The summed E-state index contributed by atoms with van der Waals surface area (Å²) in [6.07, 6.45) is 0. The Morgan fingerprint density at radius 1 is 0.455 bits per heavy atom. The Morgan fingerprint density at radius 2 is 1.03 bits per heavy atom. The molecule has 5 aromatic carbocycles. The standard InChI is InChI=1S/C31H24SSi/c1-33(25-12-4-2-5-13-25,26-14-6-3-7-15-26)27-16-10-11-23(21-27)24-19-20-31-29(22-24)28-17-8-9-18-30(28)32-31/h2-22H,1H3. The highest BCUT2D eigenvalue weighted by molar-refractivity contribution is 7.25. The number of thiophene rings is 1. The van der Waals surface area contributed by atoms with Crippen LogP contribution in [0.2, 0.25) is 6.55 Å². The predicted octanol–water partition coefficient (Wildman–Crippen LogP) is 6.82. The second-order valence-electron chi connectivity index (χ2n) is 8.75. The number of fused-ring (bicyclic) bond motifs is 3. The lowest BCUT2D eigenvalue weighted by atomic mass is 10.0. The third-order valence-electron chi connectivity index (χ3n) is 6.85. The fourth-order valence-electron chi connectivity index (χ4n) is 4.96. The van der Waals surface area contributed by atoms with Crippen LogP contribution in [0.3, 0.4) is 0 Å². The Kier molecular flexibility index (Phi) is 4.98. The molecule has 2 heteroatoms. The van der Waals surface area contributed by atoms with Gasteiger partial charge in [-0.15, -0.1) is 11.3 Å². The SMILES string of the molecule is C[Si](c1ccccc1)(c1ccccc1)c1cccc(-c2ccc3sc4ccccc4c3c2)c1. The molecule has 0 radical (unpaired) electrons. The lowest BCUT2D eigenvalue weighted by molar-refractivity contribution is 1.64. The quantitative estimate of drug-likeness (QED) is 0.202. The molecule has 6 rings (SSSR count). The smallest absolute Gasteiger partial charge is 0.135 e. The highest BCUT2D eigenvalue weighted by Gasteiger charge is 2.34. The molecule has 0 saturated carbocycles. The largest absolute Gasteiger partial charge is 0.145 e. The molecule has 0 nitrogen and oxygen atoms in total. The molecule has 0 bridgehead atoms. The minimum atomic E-state index is -2.12. The molecule has 1 aromatic heterocycles.